The maximum atomic E-state index is 12.0. The SMILES string of the molecule is CC(C)(OC(N)=O)C(N)C(=O)c1ccccn1. The van der Waals surface area contributed by atoms with Gasteiger partial charge < -0.3 is 16.2 Å². The number of carbonyl (C=O) groups excluding carboxylic acids is 2. The fraction of sp³-hybridized carbons (Fsp3) is 0.364. The molecule has 92 valence electrons. The molecule has 0 radical (unpaired) electrons. The van der Waals surface area contributed by atoms with Gasteiger partial charge >= 0.3 is 6.09 Å². The summed E-state index contributed by atoms with van der Waals surface area (Å²) < 4.78 is 4.81. The average Bonchev–Trinajstić information content (AvgIpc) is 2.26. The molecule has 0 bridgehead atoms. The molecule has 0 saturated carbocycles. The first-order valence-corrected chi connectivity index (χ1v) is 5.04. The fourth-order valence-corrected chi connectivity index (χ4v) is 1.31. The number of nitrogens with zero attached hydrogens (tertiary/aromatic N) is 1. The standard InChI is InChI=1S/C11H15N3O3/c1-11(2,17-10(13)16)9(12)8(15)7-5-3-4-6-14-7/h3-6,9H,12H2,1-2H3,(H2,13,16). The number of hydrogen-bond acceptors (Lipinski definition) is 5. The van der Waals surface area contributed by atoms with Gasteiger partial charge in [0.05, 0.1) is 0 Å². The quantitative estimate of drug-likeness (QED) is 0.740. The van der Waals surface area contributed by atoms with Crippen molar-refractivity contribution in [3.05, 3.63) is 30.1 Å². The van der Waals surface area contributed by atoms with Crippen LogP contribution in [0.3, 0.4) is 0 Å². The van der Waals surface area contributed by atoms with Crippen molar-refractivity contribution >= 4 is 11.9 Å². The van der Waals surface area contributed by atoms with Crippen LogP contribution in [0.5, 0.6) is 0 Å². The second kappa shape index (κ2) is 4.92. The molecule has 0 aliphatic rings. The van der Waals surface area contributed by atoms with Gasteiger partial charge in [0.2, 0.25) is 5.78 Å². The van der Waals surface area contributed by atoms with E-state index in [0.717, 1.165) is 0 Å². The number of ketones is 1. The van der Waals surface area contributed by atoms with E-state index < -0.39 is 23.5 Å². The summed E-state index contributed by atoms with van der Waals surface area (Å²) in [5.74, 6) is -0.406. The Hall–Kier alpha value is -1.95. The number of pyridine rings is 1. The molecule has 1 aromatic rings. The third kappa shape index (κ3) is 3.25. The van der Waals surface area contributed by atoms with Crippen LogP contribution in [0.25, 0.3) is 0 Å². The predicted octanol–water partition coefficient (Wildman–Crippen LogP) is 0.465. The summed E-state index contributed by atoms with van der Waals surface area (Å²) in [6, 6.07) is 3.88. The number of aromatic nitrogens is 1. The van der Waals surface area contributed by atoms with Crippen LogP contribution in [-0.4, -0.2) is 28.5 Å². The minimum atomic E-state index is -1.18. The maximum Gasteiger partial charge on any atom is 0.405 e. The summed E-state index contributed by atoms with van der Waals surface area (Å²) in [7, 11) is 0. The van der Waals surface area contributed by atoms with E-state index in [0.29, 0.717) is 0 Å². The van der Waals surface area contributed by atoms with Crippen LogP contribution in [0.15, 0.2) is 24.4 Å². The minimum absolute atomic E-state index is 0.223. The van der Waals surface area contributed by atoms with Gasteiger partial charge in [-0.2, -0.15) is 0 Å². The van der Waals surface area contributed by atoms with E-state index in [2.05, 4.69) is 4.98 Å². The monoisotopic (exact) mass is 237 g/mol. The van der Waals surface area contributed by atoms with Crippen LogP contribution >= 0.6 is 0 Å². The Balaban J connectivity index is 2.86. The summed E-state index contributed by atoms with van der Waals surface area (Å²) >= 11 is 0. The second-order valence-electron chi connectivity index (χ2n) is 4.08. The number of Topliss-reactive ketones (excluding diaryl/α,β-unsaturated/α-hetero) is 1. The molecular weight excluding hydrogens is 222 g/mol. The summed E-state index contributed by atoms with van der Waals surface area (Å²) in [5.41, 5.74) is 9.71. The number of hydrogen-bond donors (Lipinski definition) is 2. The Morgan fingerprint density at radius 2 is 2.06 bits per heavy atom. The predicted molar refractivity (Wildman–Crippen MR) is 61.3 cm³/mol. The molecule has 0 saturated heterocycles. The Morgan fingerprint density at radius 3 is 2.53 bits per heavy atom. The third-order valence-electron chi connectivity index (χ3n) is 2.31. The Kier molecular flexibility index (Phi) is 3.80. The number of nitrogens with two attached hydrogens (primary N) is 2. The van der Waals surface area contributed by atoms with Crippen molar-refractivity contribution in [2.45, 2.75) is 25.5 Å². The largest absolute Gasteiger partial charge is 0.442 e. The van der Waals surface area contributed by atoms with E-state index in [1.54, 1.807) is 18.2 Å². The van der Waals surface area contributed by atoms with Gasteiger partial charge in [-0.1, -0.05) is 6.07 Å². The Labute approximate surface area is 99.0 Å². The number of primary amides is 1. The number of amides is 1. The van der Waals surface area contributed by atoms with Gasteiger partial charge in [0, 0.05) is 6.20 Å². The lowest BCUT2D eigenvalue weighted by Crippen LogP contribution is -2.52. The van der Waals surface area contributed by atoms with E-state index in [4.69, 9.17) is 16.2 Å². The van der Waals surface area contributed by atoms with E-state index in [9.17, 15) is 9.59 Å². The normalized spacial score (nSPS) is 12.9. The summed E-state index contributed by atoms with van der Waals surface area (Å²) in [6.45, 7) is 3.03. The summed E-state index contributed by atoms with van der Waals surface area (Å²) in [4.78, 5) is 26.5. The second-order valence-corrected chi connectivity index (χ2v) is 4.08. The lowest BCUT2D eigenvalue weighted by atomic mass is 9.94. The summed E-state index contributed by atoms with van der Waals surface area (Å²) in [5, 5.41) is 0. The lowest BCUT2D eigenvalue weighted by molar-refractivity contribution is 0.0257. The molecule has 1 atom stereocenters. The van der Waals surface area contributed by atoms with Crippen molar-refractivity contribution in [1.82, 2.24) is 4.98 Å². The van der Waals surface area contributed by atoms with E-state index in [-0.39, 0.29) is 5.69 Å². The maximum absolute atomic E-state index is 12.0. The molecule has 1 aromatic heterocycles. The zero-order valence-electron chi connectivity index (χ0n) is 9.71. The molecule has 1 amide bonds. The van der Waals surface area contributed by atoms with E-state index >= 15 is 0 Å². The molecule has 0 spiro atoms. The Morgan fingerprint density at radius 1 is 1.41 bits per heavy atom. The highest BCUT2D eigenvalue weighted by Crippen LogP contribution is 2.16. The molecular formula is C11H15N3O3. The molecule has 0 aliphatic carbocycles. The third-order valence-corrected chi connectivity index (χ3v) is 2.31. The zero-order chi connectivity index (χ0) is 13.1. The average molecular weight is 237 g/mol. The lowest BCUT2D eigenvalue weighted by Gasteiger charge is -2.29. The first kappa shape index (κ1) is 13.1. The molecule has 6 nitrogen and oxygen atoms in total. The fourth-order valence-electron chi connectivity index (χ4n) is 1.31. The molecule has 17 heavy (non-hydrogen) atoms. The molecule has 1 unspecified atom stereocenters. The zero-order valence-corrected chi connectivity index (χ0v) is 9.71. The number of carbonyl (C=O) groups is 2. The van der Waals surface area contributed by atoms with Gasteiger partial charge in [-0.25, -0.2) is 4.79 Å². The van der Waals surface area contributed by atoms with Gasteiger partial charge in [0.1, 0.15) is 17.3 Å². The van der Waals surface area contributed by atoms with Crippen LogP contribution in [0.2, 0.25) is 0 Å². The number of ether oxygens (including phenoxy) is 1. The van der Waals surface area contributed by atoms with Gasteiger partial charge in [0.15, 0.2) is 0 Å². The molecule has 1 heterocycles. The van der Waals surface area contributed by atoms with Gasteiger partial charge in [0.25, 0.3) is 0 Å². The van der Waals surface area contributed by atoms with Crippen molar-refractivity contribution in [2.24, 2.45) is 11.5 Å². The highest BCUT2D eigenvalue weighted by molar-refractivity contribution is 5.99. The van der Waals surface area contributed by atoms with Gasteiger partial charge in [-0.3, -0.25) is 9.78 Å². The molecule has 0 aromatic carbocycles. The van der Waals surface area contributed by atoms with Crippen molar-refractivity contribution in [3.63, 3.8) is 0 Å². The van der Waals surface area contributed by atoms with Crippen molar-refractivity contribution in [1.29, 1.82) is 0 Å². The highest BCUT2D eigenvalue weighted by atomic mass is 16.6. The van der Waals surface area contributed by atoms with Crippen LogP contribution in [-0.2, 0) is 4.74 Å². The first-order valence-electron chi connectivity index (χ1n) is 5.04. The number of rotatable bonds is 4. The molecule has 6 heteroatoms. The van der Waals surface area contributed by atoms with E-state index in [1.165, 1.54) is 20.0 Å². The first-order chi connectivity index (χ1) is 7.84. The van der Waals surface area contributed by atoms with Crippen molar-refractivity contribution in [2.75, 3.05) is 0 Å². The topological polar surface area (TPSA) is 108 Å². The van der Waals surface area contributed by atoms with Crippen molar-refractivity contribution in [3.8, 4) is 0 Å². The van der Waals surface area contributed by atoms with Crippen LogP contribution in [0.4, 0.5) is 4.79 Å². The van der Waals surface area contributed by atoms with Gasteiger partial charge in [-0.15, -0.1) is 0 Å². The molecule has 0 fully saturated rings. The summed E-state index contributed by atoms with van der Waals surface area (Å²) in [6.07, 6.45) is 0.515. The van der Waals surface area contributed by atoms with E-state index in [1.807, 2.05) is 0 Å². The van der Waals surface area contributed by atoms with Crippen LogP contribution < -0.4 is 11.5 Å². The molecule has 1 rings (SSSR count). The van der Waals surface area contributed by atoms with Crippen LogP contribution in [0.1, 0.15) is 24.3 Å². The smallest absolute Gasteiger partial charge is 0.405 e. The van der Waals surface area contributed by atoms with Gasteiger partial charge in [-0.05, 0) is 26.0 Å². The van der Waals surface area contributed by atoms with Crippen molar-refractivity contribution < 1.29 is 14.3 Å². The Bertz CT molecular complexity index is 417. The molecule has 0 aliphatic heterocycles. The highest BCUT2D eigenvalue weighted by Gasteiger charge is 2.36. The minimum Gasteiger partial charge on any atom is -0.442 e. The molecule has 4 N–H and O–H groups in total. The van der Waals surface area contributed by atoms with Crippen LogP contribution in [0, 0.1) is 0 Å².